The minimum atomic E-state index is -1.09. The van der Waals surface area contributed by atoms with E-state index in [1.54, 1.807) is 0 Å². The molecular weight excluding hydrogens is 412 g/mol. The predicted octanol–water partition coefficient (Wildman–Crippen LogP) is 2.52. The topological polar surface area (TPSA) is 114 Å². The van der Waals surface area contributed by atoms with E-state index < -0.39 is 24.0 Å². The number of ether oxygens (including phenoxy) is 2. The summed E-state index contributed by atoms with van der Waals surface area (Å²) >= 11 is 0. The van der Waals surface area contributed by atoms with E-state index in [0.717, 1.165) is 22.3 Å². The summed E-state index contributed by atoms with van der Waals surface area (Å²) < 4.78 is 11.1. The van der Waals surface area contributed by atoms with Crippen molar-refractivity contribution in [3.05, 3.63) is 59.7 Å². The molecule has 1 aliphatic heterocycles. The van der Waals surface area contributed by atoms with Gasteiger partial charge in [-0.25, -0.2) is 4.79 Å². The Labute approximate surface area is 185 Å². The van der Waals surface area contributed by atoms with E-state index in [0.29, 0.717) is 6.42 Å². The molecule has 3 atom stereocenters. The maximum absolute atomic E-state index is 12.3. The van der Waals surface area contributed by atoms with E-state index >= 15 is 0 Å². The fraction of sp³-hybridized carbons (Fsp3) is 0.375. The van der Waals surface area contributed by atoms with Crippen LogP contribution in [0, 0.1) is 5.92 Å². The van der Waals surface area contributed by atoms with E-state index in [-0.39, 0.29) is 37.7 Å². The highest BCUT2D eigenvalue weighted by molar-refractivity contribution is 5.85. The number of benzene rings is 2. The van der Waals surface area contributed by atoms with Gasteiger partial charge < -0.3 is 25.2 Å². The first-order chi connectivity index (χ1) is 15.4. The number of aliphatic carboxylic acids is 1. The van der Waals surface area contributed by atoms with Crippen molar-refractivity contribution in [3.8, 4) is 11.1 Å². The Balaban J connectivity index is 1.25. The van der Waals surface area contributed by atoms with Gasteiger partial charge in [-0.3, -0.25) is 9.59 Å². The number of rotatable bonds is 7. The molecule has 1 aliphatic carbocycles. The third-order valence-corrected chi connectivity index (χ3v) is 6.00. The quantitative estimate of drug-likeness (QED) is 0.612. The van der Waals surface area contributed by atoms with Crippen LogP contribution in [0.15, 0.2) is 48.5 Å². The second-order valence-electron chi connectivity index (χ2n) is 8.16. The van der Waals surface area contributed by atoms with Gasteiger partial charge in [-0.2, -0.15) is 0 Å². The molecule has 4 rings (SSSR count). The lowest BCUT2D eigenvalue weighted by Gasteiger charge is -2.16. The van der Waals surface area contributed by atoms with Gasteiger partial charge in [0.1, 0.15) is 12.6 Å². The summed E-state index contributed by atoms with van der Waals surface area (Å²) in [4.78, 5) is 35.3. The molecule has 2 unspecified atom stereocenters. The lowest BCUT2D eigenvalue weighted by molar-refractivity contribution is -0.141. The number of carbonyl (C=O) groups excluding carboxylic acids is 2. The van der Waals surface area contributed by atoms with Crippen LogP contribution < -0.4 is 10.6 Å². The zero-order valence-corrected chi connectivity index (χ0v) is 17.7. The van der Waals surface area contributed by atoms with E-state index in [9.17, 15) is 14.4 Å². The molecule has 0 radical (unpaired) electrons. The van der Waals surface area contributed by atoms with Gasteiger partial charge in [0, 0.05) is 12.5 Å². The number of carbonyl (C=O) groups is 3. The minimum absolute atomic E-state index is 0.0137. The van der Waals surface area contributed by atoms with Gasteiger partial charge in [0.05, 0.1) is 18.6 Å². The third-order valence-electron chi connectivity index (χ3n) is 6.00. The maximum Gasteiger partial charge on any atom is 0.407 e. The monoisotopic (exact) mass is 438 g/mol. The van der Waals surface area contributed by atoms with Crippen molar-refractivity contribution in [2.45, 2.75) is 31.4 Å². The Bertz CT molecular complexity index is 978. The van der Waals surface area contributed by atoms with Crippen LogP contribution in [-0.2, 0) is 19.1 Å². The number of carboxylic acids is 1. The van der Waals surface area contributed by atoms with E-state index in [2.05, 4.69) is 34.9 Å². The van der Waals surface area contributed by atoms with Crippen LogP contribution >= 0.6 is 0 Å². The highest BCUT2D eigenvalue weighted by Crippen LogP contribution is 2.44. The average molecular weight is 438 g/mol. The van der Waals surface area contributed by atoms with Gasteiger partial charge in [-0.15, -0.1) is 0 Å². The molecule has 0 bridgehead atoms. The zero-order chi connectivity index (χ0) is 22.7. The van der Waals surface area contributed by atoms with E-state index in [4.69, 9.17) is 14.6 Å². The van der Waals surface area contributed by atoms with Gasteiger partial charge in [-0.05, 0) is 35.6 Å². The summed E-state index contributed by atoms with van der Waals surface area (Å²) in [6.07, 6.45) is -0.462. The molecule has 3 N–H and O–H groups in total. The van der Waals surface area contributed by atoms with Crippen LogP contribution in [0.2, 0.25) is 0 Å². The normalized spacial score (nSPS) is 20.2. The average Bonchev–Trinajstić information content (AvgIpc) is 3.39. The predicted molar refractivity (Wildman–Crippen MR) is 116 cm³/mol. The van der Waals surface area contributed by atoms with Crippen molar-refractivity contribution in [3.63, 3.8) is 0 Å². The van der Waals surface area contributed by atoms with Crippen LogP contribution in [0.3, 0.4) is 0 Å². The van der Waals surface area contributed by atoms with Gasteiger partial charge in [0.25, 0.3) is 0 Å². The molecule has 1 fully saturated rings. The molecule has 32 heavy (non-hydrogen) atoms. The Morgan fingerprint density at radius 2 is 1.72 bits per heavy atom. The Morgan fingerprint density at radius 1 is 1.09 bits per heavy atom. The van der Waals surface area contributed by atoms with Crippen LogP contribution in [0.5, 0.6) is 0 Å². The highest BCUT2D eigenvalue weighted by atomic mass is 16.5. The molecule has 2 aliphatic rings. The summed E-state index contributed by atoms with van der Waals surface area (Å²) in [5, 5.41) is 14.0. The first-order valence-electron chi connectivity index (χ1n) is 10.7. The Kier molecular flexibility index (Phi) is 6.41. The molecule has 1 saturated heterocycles. The molecule has 8 nitrogen and oxygen atoms in total. The summed E-state index contributed by atoms with van der Waals surface area (Å²) in [7, 11) is 0. The van der Waals surface area contributed by atoms with Crippen LogP contribution in [0.25, 0.3) is 11.1 Å². The van der Waals surface area contributed by atoms with Crippen LogP contribution in [-0.4, -0.2) is 55.0 Å². The number of nitrogens with one attached hydrogen (secondary N) is 2. The van der Waals surface area contributed by atoms with E-state index in [1.165, 1.54) is 6.92 Å². The number of hydrogen-bond acceptors (Lipinski definition) is 5. The van der Waals surface area contributed by atoms with Crippen molar-refractivity contribution in [2.75, 3.05) is 19.8 Å². The first-order valence-corrected chi connectivity index (χ1v) is 10.7. The number of hydrogen-bond donors (Lipinski definition) is 3. The summed E-state index contributed by atoms with van der Waals surface area (Å²) in [6, 6.07) is 15.3. The summed E-state index contributed by atoms with van der Waals surface area (Å²) in [6.45, 7) is 2.04. The van der Waals surface area contributed by atoms with Gasteiger partial charge in [-0.1, -0.05) is 48.5 Å². The SMILES string of the molecule is C[C@@H](NC(=O)C1COC(CNC(=O)OCC2c3ccccc3-c3ccccc32)C1)C(=O)O. The van der Waals surface area contributed by atoms with Gasteiger partial charge in [0.2, 0.25) is 5.91 Å². The Hall–Kier alpha value is -3.39. The molecule has 1 heterocycles. The number of carboxylic acid groups (broad SMARTS) is 1. The smallest absolute Gasteiger partial charge is 0.407 e. The third kappa shape index (κ3) is 4.60. The van der Waals surface area contributed by atoms with Crippen molar-refractivity contribution in [1.82, 2.24) is 10.6 Å². The molecule has 8 heteroatoms. The second kappa shape index (κ2) is 9.40. The summed E-state index contributed by atoms with van der Waals surface area (Å²) in [5.41, 5.74) is 4.62. The van der Waals surface area contributed by atoms with Gasteiger partial charge in [0.15, 0.2) is 0 Å². The van der Waals surface area contributed by atoms with Crippen molar-refractivity contribution in [2.24, 2.45) is 5.92 Å². The fourth-order valence-corrected chi connectivity index (χ4v) is 4.27. The fourth-order valence-electron chi connectivity index (χ4n) is 4.27. The minimum Gasteiger partial charge on any atom is -0.480 e. The van der Waals surface area contributed by atoms with Crippen molar-refractivity contribution in [1.29, 1.82) is 0 Å². The maximum atomic E-state index is 12.3. The van der Waals surface area contributed by atoms with Gasteiger partial charge >= 0.3 is 12.1 Å². The number of fused-ring (bicyclic) bond motifs is 3. The van der Waals surface area contributed by atoms with Crippen LogP contribution in [0.1, 0.15) is 30.4 Å². The second-order valence-corrected chi connectivity index (χ2v) is 8.16. The highest BCUT2D eigenvalue weighted by Gasteiger charge is 2.33. The number of alkyl carbamates (subject to hydrolysis) is 1. The molecule has 0 aromatic heterocycles. The molecule has 0 saturated carbocycles. The molecule has 168 valence electrons. The molecule has 0 spiro atoms. The Morgan fingerprint density at radius 3 is 2.34 bits per heavy atom. The first kappa shape index (κ1) is 21.8. The van der Waals surface area contributed by atoms with Crippen molar-refractivity contribution >= 4 is 18.0 Å². The standard InChI is InChI=1S/C24H26N2O6/c1-14(23(28)29)26-22(27)15-10-16(31-12-15)11-25-24(30)32-13-21-19-8-4-2-6-17(19)18-7-3-5-9-20(18)21/h2-9,14-16,21H,10-13H2,1H3,(H,25,30)(H,26,27)(H,28,29)/t14-,15?,16?/m1/s1. The lowest BCUT2D eigenvalue weighted by atomic mass is 9.98. The van der Waals surface area contributed by atoms with Crippen molar-refractivity contribution < 1.29 is 29.0 Å². The molecule has 2 amide bonds. The van der Waals surface area contributed by atoms with E-state index in [1.807, 2.05) is 24.3 Å². The summed E-state index contributed by atoms with van der Waals surface area (Å²) in [5.74, 6) is -1.90. The number of amides is 2. The molecule has 2 aromatic carbocycles. The lowest BCUT2D eigenvalue weighted by Crippen LogP contribution is -2.42. The van der Waals surface area contributed by atoms with Crippen LogP contribution in [0.4, 0.5) is 4.79 Å². The molecule has 2 aromatic rings. The molecular formula is C24H26N2O6. The largest absolute Gasteiger partial charge is 0.480 e. The zero-order valence-electron chi connectivity index (χ0n) is 17.7.